The summed E-state index contributed by atoms with van der Waals surface area (Å²) < 4.78 is 33.8. The maximum atomic E-state index is 14.8. The van der Waals surface area contributed by atoms with E-state index in [0.717, 1.165) is 27.9 Å². The SMILES string of the molecule is Cc1cc(-c2cccc(F)c2)cc(N(C)c2c(F)ccc(OCC(=O)O)c2C)c1C. The number of aryl methyl sites for hydroxylation is 1. The highest BCUT2D eigenvalue weighted by Crippen LogP contribution is 2.38. The average Bonchev–Trinajstić information content (AvgIpc) is 2.69. The number of ether oxygens (including phenoxy) is 1. The molecule has 0 spiro atoms. The zero-order valence-corrected chi connectivity index (χ0v) is 17.3. The minimum atomic E-state index is -1.11. The fourth-order valence-corrected chi connectivity index (χ4v) is 3.50. The van der Waals surface area contributed by atoms with Gasteiger partial charge in [-0.25, -0.2) is 13.6 Å². The van der Waals surface area contributed by atoms with E-state index in [1.54, 1.807) is 24.9 Å². The van der Waals surface area contributed by atoms with Crippen LogP contribution >= 0.6 is 0 Å². The summed E-state index contributed by atoms with van der Waals surface area (Å²) in [4.78, 5) is 12.5. The molecule has 6 heteroatoms. The van der Waals surface area contributed by atoms with Crippen LogP contribution in [0.3, 0.4) is 0 Å². The predicted octanol–water partition coefficient (Wildman–Crippen LogP) is 5.79. The summed E-state index contributed by atoms with van der Waals surface area (Å²) in [6.45, 7) is 5.06. The van der Waals surface area contributed by atoms with Crippen molar-refractivity contribution in [1.29, 1.82) is 0 Å². The fourth-order valence-electron chi connectivity index (χ4n) is 3.50. The lowest BCUT2D eigenvalue weighted by molar-refractivity contribution is -0.139. The Hall–Kier alpha value is -3.41. The molecule has 0 aliphatic rings. The fraction of sp³-hybridized carbons (Fsp3) is 0.208. The van der Waals surface area contributed by atoms with Gasteiger partial charge >= 0.3 is 5.97 Å². The summed E-state index contributed by atoms with van der Waals surface area (Å²) in [7, 11) is 1.74. The van der Waals surface area contributed by atoms with Gasteiger partial charge in [-0.05, 0) is 73.4 Å². The van der Waals surface area contributed by atoms with Crippen LogP contribution in [0.4, 0.5) is 20.2 Å². The van der Waals surface area contributed by atoms with E-state index in [-0.39, 0.29) is 11.5 Å². The molecule has 4 nitrogen and oxygen atoms in total. The lowest BCUT2D eigenvalue weighted by Gasteiger charge is -2.26. The maximum Gasteiger partial charge on any atom is 0.341 e. The number of benzene rings is 3. The number of aliphatic carboxylic acids is 1. The van der Waals surface area contributed by atoms with E-state index < -0.39 is 18.4 Å². The molecule has 0 saturated carbocycles. The quantitative estimate of drug-likeness (QED) is 0.558. The number of carboxylic acid groups (broad SMARTS) is 1. The minimum absolute atomic E-state index is 0.289. The lowest BCUT2D eigenvalue weighted by atomic mass is 9.97. The molecule has 0 radical (unpaired) electrons. The van der Waals surface area contributed by atoms with Crippen molar-refractivity contribution in [3.63, 3.8) is 0 Å². The second-order valence-corrected chi connectivity index (χ2v) is 7.21. The van der Waals surface area contributed by atoms with Gasteiger partial charge in [-0.15, -0.1) is 0 Å². The standard InChI is InChI=1S/C24H23F2NO3/c1-14-10-18(17-6-5-7-19(25)11-17)12-21(15(14)2)27(4)24-16(3)22(9-8-20(24)26)30-13-23(28)29/h5-12H,13H2,1-4H3,(H,28,29). The van der Waals surface area contributed by atoms with Gasteiger partial charge in [-0.3, -0.25) is 0 Å². The Bertz CT molecular complexity index is 1110. The van der Waals surface area contributed by atoms with Crippen LogP contribution in [-0.4, -0.2) is 24.7 Å². The van der Waals surface area contributed by atoms with E-state index in [1.807, 2.05) is 32.0 Å². The Balaban J connectivity index is 2.10. The molecule has 0 bridgehead atoms. The van der Waals surface area contributed by atoms with Crippen molar-refractivity contribution in [2.24, 2.45) is 0 Å². The largest absolute Gasteiger partial charge is 0.482 e. The Kier molecular flexibility index (Phi) is 6.06. The Labute approximate surface area is 174 Å². The average molecular weight is 411 g/mol. The van der Waals surface area contributed by atoms with Crippen LogP contribution in [0.2, 0.25) is 0 Å². The third-order valence-electron chi connectivity index (χ3n) is 5.18. The Morgan fingerprint density at radius 3 is 2.40 bits per heavy atom. The molecule has 1 N–H and O–H groups in total. The zero-order chi connectivity index (χ0) is 22.0. The second kappa shape index (κ2) is 8.53. The molecule has 0 aliphatic heterocycles. The van der Waals surface area contributed by atoms with Gasteiger partial charge in [0.15, 0.2) is 6.61 Å². The van der Waals surface area contributed by atoms with Crippen LogP contribution in [0.5, 0.6) is 5.75 Å². The molecule has 0 unspecified atom stereocenters. The number of halogens is 2. The van der Waals surface area contributed by atoms with Crippen molar-refractivity contribution in [2.45, 2.75) is 20.8 Å². The first-order valence-electron chi connectivity index (χ1n) is 9.43. The van der Waals surface area contributed by atoms with Crippen molar-refractivity contribution >= 4 is 17.3 Å². The zero-order valence-electron chi connectivity index (χ0n) is 17.3. The number of anilines is 2. The highest BCUT2D eigenvalue weighted by molar-refractivity contribution is 5.78. The second-order valence-electron chi connectivity index (χ2n) is 7.21. The van der Waals surface area contributed by atoms with E-state index >= 15 is 0 Å². The highest BCUT2D eigenvalue weighted by Gasteiger charge is 2.19. The molecule has 156 valence electrons. The van der Waals surface area contributed by atoms with E-state index in [4.69, 9.17) is 9.84 Å². The molecule has 0 saturated heterocycles. The molecule has 3 rings (SSSR count). The van der Waals surface area contributed by atoms with Crippen LogP contribution in [0.1, 0.15) is 16.7 Å². The van der Waals surface area contributed by atoms with Crippen molar-refractivity contribution in [2.75, 3.05) is 18.6 Å². The summed E-state index contributed by atoms with van der Waals surface area (Å²) >= 11 is 0. The normalized spacial score (nSPS) is 10.7. The first-order chi connectivity index (χ1) is 14.2. The van der Waals surface area contributed by atoms with Crippen molar-refractivity contribution in [3.8, 4) is 16.9 Å². The van der Waals surface area contributed by atoms with Gasteiger partial charge in [0, 0.05) is 18.3 Å². The summed E-state index contributed by atoms with van der Waals surface area (Å²) in [6, 6.07) is 12.9. The van der Waals surface area contributed by atoms with Crippen molar-refractivity contribution < 1.29 is 23.4 Å². The predicted molar refractivity (Wildman–Crippen MR) is 114 cm³/mol. The first-order valence-corrected chi connectivity index (χ1v) is 9.43. The molecular weight excluding hydrogens is 388 g/mol. The monoisotopic (exact) mass is 411 g/mol. The van der Waals surface area contributed by atoms with Gasteiger partial charge in [0.25, 0.3) is 0 Å². The number of nitrogens with zero attached hydrogens (tertiary/aromatic N) is 1. The van der Waals surface area contributed by atoms with Crippen LogP contribution < -0.4 is 9.64 Å². The number of hydrogen-bond donors (Lipinski definition) is 1. The van der Waals surface area contributed by atoms with Crippen LogP contribution in [0, 0.1) is 32.4 Å². The minimum Gasteiger partial charge on any atom is -0.482 e. The molecule has 0 heterocycles. The lowest BCUT2D eigenvalue weighted by Crippen LogP contribution is -2.16. The first kappa shape index (κ1) is 21.3. The molecule has 3 aromatic carbocycles. The highest BCUT2D eigenvalue weighted by atomic mass is 19.1. The molecule has 30 heavy (non-hydrogen) atoms. The number of carboxylic acids is 1. The summed E-state index contributed by atoms with van der Waals surface area (Å²) in [5, 5.41) is 8.87. The van der Waals surface area contributed by atoms with Crippen LogP contribution in [-0.2, 0) is 4.79 Å². The van der Waals surface area contributed by atoms with Gasteiger partial charge < -0.3 is 14.7 Å². The Morgan fingerprint density at radius 1 is 1.00 bits per heavy atom. The van der Waals surface area contributed by atoms with Gasteiger partial charge in [0.2, 0.25) is 0 Å². The maximum absolute atomic E-state index is 14.8. The molecule has 0 amide bonds. The number of rotatable bonds is 6. The van der Waals surface area contributed by atoms with E-state index in [2.05, 4.69) is 0 Å². The summed E-state index contributed by atoms with van der Waals surface area (Å²) in [5.41, 5.74) is 5.01. The molecule has 0 aromatic heterocycles. The van der Waals surface area contributed by atoms with E-state index in [0.29, 0.717) is 11.3 Å². The third-order valence-corrected chi connectivity index (χ3v) is 5.18. The van der Waals surface area contributed by atoms with E-state index in [9.17, 15) is 13.6 Å². The third kappa shape index (κ3) is 4.27. The van der Waals surface area contributed by atoms with Crippen molar-refractivity contribution in [3.05, 3.63) is 76.9 Å². The van der Waals surface area contributed by atoms with Gasteiger partial charge in [-0.2, -0.15) is 0 Å². The molecule has 0 atom stereocenters. The molecule has 0 aliphatic carbocycles. The van der Waals surface area contributed by atoms with Crippen LogP contribution in [0.25, 0.3) is 11.1 Å². The molecule has 3 aromatic rings. The summed E-state index contributed by atoms with van der Waals surface area (Å²) in [5.74, 6) is -1.59. The smallest absolute Gasteiger partial charge is 0.341 e. The molecule has 0 fully saturated rings. The van der Waals surface area contributed by atoms with Gasteiger partial charge in [0.1, 0.15) is 17.4 Å². The van der Waals surface area contributed by atoms with E-state index in [1.165, 1.54) is 24.3 Å². The number of carbonyl (C=O) groups is 1. The van der Waals surface area contributed by atoms with Crippen molar-refractivity contribution in [1.82, 2.24) is 0 Å². The Morgan fingerprint density at radius 2 is 1.73 bits per heavy atom. The number of hydrogen-bond acceptors (Lipinski definition) is 3. The van der Waals surface area contributed by atoms with Crippen LogP contribution in [0.15, 0.2) is 48.5 Å². The summed E-state index contributed by atoms with van der Waals surface area (Å²) in [6.07, 6.45) is 0. The van der Waals surface area contributed by atoms with Gasteiger partial charge in [0.05, 0.1) is 5.69 Å². The molecular formula is C24H23F2NO3. The van der Waals surface area contributed by atoms with Gasteiger partial charge in [-0.1, -0.05) is 18.2 Å². The topological polar surface area (TPSA) is 49.8 Å².